The Labute approximate surface area is 144 Å². The van der Waals surface area contributed by atoms with E-state index < -0.39 is 6.04 Å². The molecule has 1 atom stereocenters. The molecule has 2 amide bonds. The molecule has 23 heavy (non-hydrogen) atoms. The molecule has 1 aromatic rings. The maximum atomic E-state index is 11.8. The van der Waals surface area contributed by atoms with Gasteiger partial charge in [0.25, 0.3) is 0 Å². The Bertz CT molecular complexity index is 506. The molecular weight excluding hydrogens is 314 g/mol. The first-order valence-electron chi connectivity index (χ1n) is 7.84. The Hall–Kier alpha value is -1.59. The zero-order valence-electron chi connectivity index (χ0n) is 14.1. The van der Waals surface area contributed by atoms with Gasteiger partial charge in [-0.1, -0.05) is 39.3 Å². The highest BCUT2D eigenvalue weighted by molar-refractivity contribution is 5.90. The smallest absolute Gasteiger partial charge is 0.237 e. The van der Waals surface area contributed by atoms with Gasteiger partial charge in [0.05, 0.1) is 6.04 Å². The van der Waals surface area contributed by atoms with Crippen LogP contribution in [0.5, 0.6) is 0 Å². The third-order valence-corrected chi connectivity index (χ3v) is 3.21. The molecule has 0 radical (unpaired) electrons. The third-order valence-electron chi connectivity index (χ3n) is 3.21. The molecule has 0 aliphatic carbocycles. The van der Waals surface area contributed by atoms with Crippen molar-refractivity contribution >= 4 is 29.9 Å². The molecule has 0 saturated heterocycles. The summed E-state index contributed by atoms with van der Waals surface area (Å²) >= 11 is 0. The van der Waals surface area contributed by atoms with Gasteiger partial charge in [0, 0.05) is 18.7 Å². The fourth-order valence-electron chi connectivity index (χ4n) is 2.10. The molecule has 1 rings (SSSR count). The summed E-state index contributed by atoms with van der Waals surface area (Å²) < 4.78 is 0. The minimum absolute atomic E-state index is 0. The van der Waals surface area contributed by atoms with E-state index in [0.29, 0.717) is 25.3 Å². The standard InChI is InChI=1S/C17H27N3O2.ClH/c1-4-6-15(18)17(22)19-11-13-7-5-8-14(10-13)20-16(21)9-12(2)3;/h5,7-8,10,12,15H,4,6,9,11,18H2,1-3H3,(H,19,22)(H,20,21);1H. The summed E-state index contributed by atoms with van der Waals surface area (Å²) in [6.45, 7) is 6.41. The van der Waals surface area contributed by atoms with E-state index in [1.165, 1.54) is 0 Å². The fraction of sp³-hybridized carbons (Fsp3) is 0.529. The molecule has 0 fully saturated rings. The number of nitrogens with one attached hydrogen (secondary N) is 2. The van der Waals surface area contributed by atoms with Gasteiger partial charge < -0.3 is 16.4 Å². The second kappa shape index (κ2) is 11.0. The van der Waals surface area contributed by atoms with Crippen LogP contribution in [0.1, 0.15) is 45.6 Å². The molecule has 0 saturated carbocycles. The van der Waals surface area contributed by atoms with Crippen molar-refractivity contribution in [2.45, 2.75) is 52.6 Å². The van der Waals surface area contributed by atoms with Crippen molar-refractivity contribution in [3.05, 3.63) is 29.8 Å². The zero-order chi connectivity index (χ0) is 16.5. The first kappa shape index (κ1) is 21.4. The second-order valence-electron chi connectivity index (χ2n) is 5.96. The number of rotatable bonds is 8. The van der Waals surface area contributed by atoms with Crippen LogP contribution in [0.15, 0.2) is 24.3 Å². The number of anilines is 1. The van der Waals surface area contributed by atoms with Gasteiger partial charge >= 0.3 is 0 Å². The quantitative estimate of drug-likeness (QED) is 0.679. The van der Waals surface area contributed by atoms with Crippen LogP contribution >= 0.6 is 12.4 Å². The van der Waals surface area contributed by atoms with Crippen molar-refractivity contribution in [3.8, 4) is 0 Å². The highest BCUT2D eigenvalue weighted by atomic mass is 35.5. The minimum atomic E-state index is -0.459. The van der Waals surface area contributed by atoms with Gasteiger partial charge in [-0.05, 0) is 30.0 Å². The molecule has 0 aromatic heterocycles. The third kappa shape index (κ3) is 8.57. The summed E-state index contributed by atoms with van der Waals surface area (Å²) in [6, 6.07) is 7.01. The largest absolute Gasteiger partial charge is 0.351 e. The first-order valence-corrected chi connectivity index (χ1v) is 7.84. The molecule has 1 aromatic carbocycles. The Balaban J connectivity index is 0.00000484. The molecule has 0 bridgehead atoms. The van der Waals surface area contributed by atoms with Gasteiger partial charge in [-0.2, -0.15) is 0 Å². The minimum Gasteiger partial charge on any atom is -0.351 e. The van der Waals surface area contributed by atoms with Crippen molar-refractivity contribution < 1.29 is 9.59 Å². The van der Waals surface area contributed by atoms with Crippen molar-refractivity contribution in [1.82, 2.24) is 5.32 Å². The molecule has 6 heteroatoms. The predicted molar refractivity (Wildman–Crippen MR) is 96.5 cm³/mol. The van der Waals surface area contributed by atoms with Crippen LogP contribution in [0.25, 0.3) is 0 Å². The monoisotopic (exact) mass is 341 g/mol. The normalized spacial score (nSPS) is 11.5. The lowest BCUT2D eigenvalue weighted by molar-refractivity contribution is -0.122. The lowest BCUT2D eigenvalue weighted by Gasteiger charge is -2.12. The van der Waals surface area contributed by atoms with E-state index in [9.17, 15) is 9.59 Å². The summed E-state index contributed by atoms with van der Waals surface area (Å²) in [5.41, 5.74) is 7.44. The van der Waals surface area contributed by atoms with Crippen LogP contribution in [-0.4, -0.2) is 17.9 Å². The Kier molecular flexibility index (Phi) is 10.3. The van der Waals surface area contributed by atoms with Gasteiger partial charge in [0.2, 0.25) is 11.8 Å². The van der Waals surface area contributed by atoms with Crippen LogP contribution in [0.3, 0.4) is 0 Å². The Morgan fingerprint density at radius 1 is 1.26 bits per heavy atom. The van der Waals surface area contributed by atoms with Crippen LogP contribution in [-0.2, 0) is 16.1 Å². The molecule has 0 spiro atoms. The first-order chi connectivity index (χ1) is 10.4. The van der Waals surface area contributed by atoms with Gasteiger partial charge in [-0.15, -0.1) is 12.4 Å². The van der Waals surface area contributed by atoms with Crippen molar-refractivity contribution in [3.63, 3.8) is 0 Å². The number of carbonyl (C=O) groups excluding carboxylic acids is 2. The van der Waals surface area contributed by atoms with E-state index in [1.54, 1.807) is 0 Å². The fourth-order valence-corrected chi connectivity index (χ4v) is 2.10. The molecule has 0 aliphatic rings. The van der Waals surface area contributed by atoms with Gasteiger partial charge in [-0.25, -0.2) is 0 Å². The Morgan fingerprint density at radius 2 is 1.96 bits per heavy atom. The van der Waals surface area contributed by atoms with Gasteiger partial charge in [0.15, 0.2) is 0 Å². The van der Waals surface area contributed by atoms with Gasteiger partial charge in [0.1, 0.15) is 0 Å². The molecule has 1 unspecified atom stereocenters. The van der Waals surface area contributed by atoms with Crippen LogP contribution in [0.4, 0.5) is 5.69 Å². The predicted octanol–water partition coefficient (Wildman–Crippen LogP) is 2.84. The van der Waals surface area contributed by atoms with Gasteiger partial charge in [-0.3, -0.25) is 9.59 Å². The Morgan fingerprint density at radius 3 is 2.57 bits per heavy atom. The van der Waals surface area contributed by atoms with E-state index in [-0.39, 0.29) is 24.2 Å². The van der Waals surface area contributed by atoms with E-state index >= 15 is 0 Å². The number of hydrogen-bond donors (Lipinski definition) is 3. The SMILES string of the molecule is CCCC(N)C(=O)NCc1cccc(NC(=O)CC(C)C)c1.Cl. The maximum Gasteiger partial charge on any atom is 0.237 e. The molecule has 0 aliphatic heterocycles. The summed E-state index contributed by atoms with van der Waals surface area (Å²) in [7, 11) is 0. The van der Waals surface area contributed by atoms with E-state index in [2.05, 4.69) is 10.6 Å². The highest BCUT2D eigenvalue weighted by Crippen LogP contribution is 2.12. The molecule has 5 nitrogen and oxygen atoms in total. The lowest BCUT2D eigenvalue weighted by Crippen LogP contribution is -2.40. The van der Waals surface area contributed by atoms with E-state index in [1.807, 2.05) is 45.0 Å². The van der Waals surface area contributed by atoms with E-state index in [0.717, 1.165) is 17.7 Å². The number of amides is 2. The van der Waals surface area contributed by atoms with Crippen LogP contribution < -0.4 is 16.4 Å². The number of carbonyl (C=O) groups is 2. The summed E-state index contributed by atoms with van der Waals surface area (Å²) in [5, 5.41) is 5.69. The van der Waals surface area contributed by atoms with Crippen LogP contribution in [0, 0.1) is 5.92 Å². The zero-order valence-corrected chi connectivity index (χ0v) is 14.9. The number of halogens is 1. The van der Waals surface area contributed by atoms with Crippen molar-refractivity contribution in [1.29, 1.82) is 0 Å². The number of hydrogen-bond acceptors (Lipinski definition) is 3. The summed E-state index contributed by atoms with van der Waals surface area (Å²) in [6.07, 6.45) is 2.05. The second-order valence-corrected chi connectivity index (χ2v) is 5.96. The number of nitrogens with two attached hydrogens (primary N) is 1. The van der Waals surface area contributed by atoms with Crippen LogP contribution in [0.2, 0.25) is 0 Å². The average molecular weight is 342 g/mol. The van der Waals surface area contributed by atoms with Crippen molar-refractivity contribution in [2.24, 2.45) is 11.7 Å². The molecule has 0 heterocycles. The highest BCUT2D eigenvalue weighted by Gasteiger charge is 2.11. The van der Waals surface area contributed by atoms with Crippen molar-refractivity contribution in [2.75, 3.05) is 5.32 Å². The molecule has 4 N–H and O–H groups in total. The summed E-state index contributed by atoms with van der Waals surface area (Å²) in [4.78, 5) is 23.5. The summed E-state index contributed by atoms with van der Waals surface area (Å²) in [5.74, 6) is 0.180. The maximum absolute atomic E-state index is 11.8. The van der Waals surface area contributed by atoms with E-state index in [4.69, 9.17) is 5.73 Å². The average Bonchev–Trinajstić information content (AvgIpc) is 2.44. The molecular formula is C17H28ClN3O2. The molecule has 130 valence electrons. The topological polar surface area (TPSA) is 84.2 Å². The lowest BCUT2D eigenvalue weighted by atomic mass is 10.1. The number of benzene rings is 1.